The molecule has 8 heteroatoms. The predicted octanol–water partition coefficient (Wildman–Crippen LogP) is 2.98. The van der Waals surface area contributed by atoms with Gasteiger partial charge in [-0.1, -0.05) is 18.2 Å². The Hall–Kier alpha value is -3.29. The first-order chi connectivity index (χ1) is 13.9. The number of halogens is 2. The van der Waals surface area contributed by atoms with E-state index >= 15 is 0 Å². The Bertz CT molecular complexity index is 948. The Balaban J connectivity index is 1.67. The molecule has 2 atom stereocenters. The van der Waals surface area contributed by atoms with Gasteiger partial charge in [-0.15, -0.1) is 0 Å². The van der Waals surface area contributed by atoms with E-state index in [0.29, 0.717) is 12.2 Å². The number of hydrazone groups is 1. The van der Waals surface area contributed by atoms with E-state index in [-0.39, 0.29) is 23.9 Å². The summed E-state index contributed by atoms with van der Waals surface area (Å²) >= 11 is 0. The molecule has 152 valence electrons. The second kappa shape index (κ2) is 8.81. The molecule has 0 saturated heterocycles. The average Bonchev–Trinajstić information content (AvgIpc) is 3.07. The molecule has 2 N–H and O–H groups in total. The molecule has 0 bridgehead atoms. The zero-order valence-corrected chi connectivity index (χ0v) is 16.2. The molecule has 0 aliphatic carbocycles. The van der Waals surface area contributed by atoms with E-state index in [9.17, 15) is 18.4 Å². The molecule has 0 unspecified atom stereocenters. The van der Waals surface area contributed by atoms with E-state index in [4.69, 9.17) is 0 Å². The highest BCUT2D eigenvalue weighted by Gasteiger charge is 2.34. The van der Waals surface area contributed by atoms with Crippen LogP contribution < -0.4 is 10.6 Å². The maximum Gasteiger partial charge on any atom is 0.254 e. The molecule has 0 spiro atoms. The number of nitrogens with zero attached hydrogens (tertiary/aromatic N) is 2. The first kappa shape index (κ1) is 20.4. The van der Waals surface area contributed by atoms with Gasteiger partial charge < -0.3 is 10.6 Å². The highest BCUT2D eigenvalue weighted by Crippen LogP contribution is 2.36. The number of hydrogen-bond donors (Lipinski definition) is 2. The number of anilines is 1. The van der Waals surface area contributed by atoms with Crippen LogP contribution in [0.4, 0.5) is 14.5 Å². The Kier molecular flexibility index (Phi) is 6.21. The third-order valence-corrected chi connectivity index (χ3v) is 4.80. The number of ketones is 1. The molecule has 1 amide bonds. The van der Waals surface area contributed by atoms with Gasteiger partial charge in [0.15, 0.2) is 0 Å². The van der Waals surface area contributed by atoms with Crippen LogP contribution in [0, 0.1) is 17.6 Å². The largest absolute Gasteiger partial charge is 0.383 e. The van der Waals surface area contributed by atoms with Crippen molar-refractivity contribution < 1.29 is 18.4 Å². The van der Waals surface area contributed by atoms with Crippen molar-refractivity contribution >= 4 is 23.6 Å². The fraction of sp³-hybridized carbons (Fsp3) is 0.286. The Morgan fingerprint density at radius 2 is 1.90 bits per heavy atom. The summed E-state index contributed by atoms with van der Waals surface area (Å²) in [5.41, 5.74) is 1.21. The average molecular weight is 400 g/mol. The lowest BCUT2D eigenvalue weighted by molar-refractivity contribution is -0.119. The summed E-state index contributed by atoms with van der Waals surface area (Å²) < 4.78 is 27.5. The molecule has 1 aliphatic rings. The fourth-order valence-corrected chi connectivity index (χ4v) is 3.34. The van der Waals surface area contributed by atoms with Gasteiger partial charge in [-0.05, 0) is 31.2 Å². The number of carbonyl (C=O) groups excluding carboxylic acids is 2. The first-order valence-corrected chi connectivity index (χ1v) is 9.22. The zero-order chi connectivity index (χ0) is 21.0. The van der Waals surface area contributed by atoms with E-state index < -0.39 is 23.5 Å². The van der Waals surface area contributed by atoms with Crippen LogP contribution in [0.2, 0.25) is 0 Å². The SMILES string of the molecule is CC(=O)[C@H]1C=NN(C)[C@@H]1c1ccc(F)cc1NCCNC(=O)c1ccccc1F. The van der Waals surface area contributed by atoms with Crippen molar-refractivity contribution in [2.24, 2.45) is 11.0 Å². The lowest BCUT2D eigenvalue weighted by Crippen LogP contribution is -2.30. The Labute approximate surface area is 167 Å². The molecule has 0 aromatic heterocycles. The lowest BCUT2D eigenvalue weighted by atomic mass is 9.90. The summed E-state index contributed by atoms with van der Waals surface area (Å²) in [6.07, 6.45) is 1.59. The number of nitrogens with one attached hydrogen (secondary N) is 2. The highest BCUT2D eigenvalue weighted by molar-refractivity contribution is 5.95. The normalized spacial score (nSPS) is 18.0. The molecule has 2 aromatic rings. The second-order valence-corrected chi connectivity index (χ2v) is 6.81. The van der Waals surface area contributed by atoms with Gasteiger partial charge in [0.25, 0.3) is 5.91 Å². The van der Waals surface area contributed by atoms with E-state index in [0.717, 1.165) is 5.56 Å². The lowest BCUT2D eigenvalue weighted by Gasteiger charge is -2.26. The fourth-order valence-electron chi connectivity index (χ4n) is 3.34. The van der Waals surface area contributed by atoms with Gasteiger partial charge in [-0.25, -0.2) is 8.78 Å². The number of rotatable bonds is 7. The number of Topliss-reactive ketones (excluding diaryl/α,β-unsaturated/α-hetero) is 1. The van der Waals surface area contributed by atoms with Crippen molar-refractivity contribution in [3.63, 3.8) is 0 Å². The van der Waals surface area contributed by atoms with Crippen LogP contribution in [-0.2, 0) is 4.79 Å². The summed E-state index contributed by atoms with van der Waals surface area (Å²) in [6.45, 7) is 1.99. The van der Waals surface area contributed by atoms with Crippen LogP contribution in [0.5, 0.6) is 0 Å². The maximum absolute atomic E-state index is 13.8. The van der Waals surface area contributed by atoms with Crippen LogP contribution in [0.15, 0.2) is 47.6 Å². The summed E-state index contributed by atoms with van der Waals surface area (Å²) in [5, 5.41) is 11.6. The quantitative estimate of drug-likeness (QED) is 0.701. The van der Waals surface area contributed by atoms with Gasteiger partial charge in [-0.2, -0.15) is 5.10 Å². The van der Waals surface area contributed by atoms with Gasteiger partial charge in [0.05, 0.1) is 17.5 Å². The summed E-state index contributed by atoms with van der Waals surface area (Å²) in [5.74, 6) is -2.00. The summed E-state index contributed by atoms with van der Waals surface area (Å²) in [4.78, 5) is 24.0. The van der Waals surface area contributed by atoms with Crippen LogP contribution in [0.1, 0.15) is 28.9 Å². The number of benzene rings is 2. The van der Waals surface area contributed by atoms with E-state index in [1.165, 1.54) is 37.3 Å². The molecule has 6 nitrogen and oxygen atoms in total. The molecular formula is C21H22F2N4O2. The molecule has 0 radical (unpaired) electrons. The Morgan fingerprint density at radius 3 is 2.62 bits per heavy atom. The zero-order valence-electron chi connectivity index (χ0n) is 16.2. The molecule has 2 aromatic carbocycles. The predicted molar refractivity (Wildman–Crippen MR) is 107 cm³/mol. The first-order valence-electron chi connectivity index (χ1n) is 9.22. The molecule has 0 fully saturated rings. The topological polar surface area (TPSA) is 73.8 Å². The molecule has 1 aliphatic heterocycles. The van der Waals surface area contributed by atoms with Gasteiger partial charge in [0, 0.05) is 37.6 Å². The summed E-state index contributed by atoms with van der Waals surface area (Å²) in [6, 6.07) is 9.68. The second-order valence-electron chi connectivity index (χ2n) is 6.81. The molecular weight excluding hydrogens is 378 g/mol. The minimum atomic E-state index is -0.593. The number of amides is 1. The smallest absolute Gasteiger partial charge is 0.254 e. The minimum Gasteiger partial charge on any atom is -0.383 e. The number of hydrogen-bond acceptors (Lipinski definition) is 5. The van der Waals surface area contributed by atoms with Gasteiger partial charge in [0.1, 0.15) is 17.4 Å². The Morgan fingerprint density at radius 1 is 1.14 bits per heavy atom. The molecule has 3 rings (SSSR count). The standard InChI is InChI=1S/C21H22F2N4O2/c1-13(28)17-12-26-27(2)20(17)16-8-7-14(22)11-19(16)24-9-10-25-21(29)15-5-3-4-6-18(15)23/h3-8,11-12,17,20,24H,9-10H2,1-2H3,(H,25,29)/t17-,20-/m1/s1. The molecule has 0 saturated carbocycles. The van der Waals surface area contributed by atoms with Crippen LogP contribution in [0.25, 0.3) is 0 Å². The van der Waals surface area contributed by atoms with Crippen molar-refractivity contribution in [3.05, 3.63) is 65.2 Å². The van der Waals surface area contributed by atoms with Crippen LogP contribution >= 0.6 is 0 Å². The third-order valence-electron chi connectivity index (χ3n) is 4.80. The molecule has 1 heterocycles. The van der Waals surface area contributed by atoms with Gasteiger partial charge >= 0.3 is 0 Å². The maximum atomic E-state index is 13.8. The number of carbonyl (C=O) groups is 2. The van der Waals surface area contributed by atoms with Gasteiger partial charge in [-0.3, -0.25) is 14.6 Å². The van der Waals surface area contributed by atoms with Crippen molar-refractivity contribution in [1.82, 2.24) is 10.3 Å². The van der Waals surface area contributed by atoms with Crippen LogP contribution in [0.3, 0.4) is 0 Å². The minimum absolute atomic E-state index is 0.0319. The van der Waals surface area contributed by atoms with Crippen molar-refractivity contribution in [1.29, 1.82) is 0 Å². The van der Waals surface area contributed by atoms with E-state index in [1.54, 1.807) is 30.4 Å². The third kappa shape index (κ3) is 4.59. The van der Waals surface area contributed by atoms with E-state index in [2.05, 4.69) is 15.7 Å². The van der Waals surface area contributed by atoms with Crippen molar-refractivity contribution in [3.8, 4) is 0 Å². The van der Waals surface area contributed by atoms with Gasteiger partial charge in [0.2, 0.25) is 0 Å². The van der Waals surface area contributed by atoms with E-state index in [1.807, 2.05) is 0 Å². The van der Waals surface area contributed by atoms with Crippen molar-refractivity contribution in [2.45, 2.75) is 13.0 Å². The van der Waals surface area contributed by atoms with Crippen LogP contribution in [-0.4, -0.2) is 43.1 Å². The molecule has 29 heavy (non-hydrogen) atoms. The van der Waals surface area contributed by atoms with Crippen molar-refractivity contribution in [2.75, 3.05) is 25.5 Å². The summed E-state index contributed by atoms with van der Waals surface area (Å²) in [7, 11) is 1.76. The highest BCUT2D eigenvalue weighted by atomic mass is 19.1. The monoisotopic (exact) mass is 400 g/mol.